The molecule has 18 heavy (non-hydrogen) atoms. The fourth-order valence-corrected chi connectivity index (χ4v) is 3.62. The molecule has 0 heterocycles. The van der Waals surface area contributed by atoms with Crippen LogP contribution in [0.3, 0.4) is 0 Å². The lowest BCUT2D eigenvalue weighted by atomic mass is 9.57. The lowest BCUT2D eigenvalue weighted by molar-refractivity contribution is 0.0571. The molecular weight excluding hydrogens is 220 g/mol. The van der Waals surface area contributed by atoms with Crippen LogP contribution < -0.4 is 5.32 Å². The lowest BCUT2D eigenvalue weighted by Gasteiger charge is -2.52. The smallest absolute Gasteiger partial charge is 0.0991 e. The highest BCUT2D eigenvalue weighted by molar-refractivity contribution is 5.48. The third kappa shape index (κ3) is 1.99. The van der Waals surface area contributed by atoms with Gasteiger partial charge in [-0.3, -0.25) is 0 Å². The Kier molecular flexibility index (Phi) is 2.99. The van der Waals surface area contributed by atoms with Crippen molar-refractivity contribution in [2.75, 3.05) is 5.32 Å². The van der Waals surface area contributed by atoms with E-state index in [9.17, 15) is 0 Å². The molecule has 3 rings (SSSR count). The molecule has 0 amide bonds. The van der Waals surface area contributed by atoms with Crippen LogP contribution in [0.5, 0.6) is 0 Å². The second-order valence-electron chi connectivity index (χ2n) is 5.85. The average molecular weight is 240 g/mol. The Morgan fingerprint density at radius 2 is 1.78 bits per heavy atom. The zero-order valence-electron chi connectivity index (χ0n) is 10.8. The third-order valence-electron chi connectivity index (χ3n) is 4.87. The zero-order valence-corrected chi connectivity index (χ0v) is 10.8. The number of rotatable bonds is 2. The Morgan fingerprint density at radius 1 is 1.06 bits per heavy atom. The second kappa shape index (κ2) is 4.65. The van der Waals surface area contributed by atoms with Crippen molar-refractivity contribution in [3.63, 3.8) is 0 Å². The highest BCUT2D eigenvalue weighted by atomic mass is 15.0. The molecule has 0 bridgehead atoms. The van der Waals surface area contributed by atoms with E-state index in [4.69, 9.17) is 5.26 Å². The number of nitrogens with one attached hydrogen (secondary N) is 1. The summed E-state index contributed by atoms with van der Waals surface area (Å²) in [4.78, 5) is 0. The van der Waals surface area contributed by atoms with E-state index in [2.05, 4.69) is 11.4 Å². The van der Waals surface area contributed by atoms with Gasteiger partial charge in [0.25, 0.3) is 0 Å². The van der Waals surface area contributed by atoms with E-state index < -0.39 is 0 Å². The van der Waals surface area contributed by atoms with Crippen molar-refractivity contribution in [1.29, 1.82) is 5.26 Å². The molecule has 2 saturated carbocycles. The Hall–Kier alpha value is -1.49. The fourth-order valence-electron chi connectivity index (χ4n) is 3.62. The summed E-state index contributed by atoms with van der Waals surface area (Å²) in [6.45, 7) is 0. The molecule has 2 nitrogen and oxygen atoms in total. The van der Waals surface area contributed by atoms with Crippen molar-refractivity contribution in [2.45, 2.75) is 51.0 Å². The molecule has 1 aromatic carbocycles. The Balaban J connectivity index is 1.67. The standard InChI is InChI=1S/C16H20N2/c17-12-13-4-6-14(7-5-13)18-15-8-11-16(15)9-2-1-3-10-16/h4-7,15,18H,1-3,8-11H2. The third-order valence-corrected chi connectivity index (χ3v) is 4.87. The van der Waals surface area contributed by atoms with Crippen LogP contribution in [0.1, 0.15) is 50.5 Å². The average Bonchev–Trinajstić information content (AvgIpc) is 2.45. The van der Waals surface area contributed by atoms with E-state index >= 15 is 0 Å². The molecule has 0 aliphatic heterocycles. The van der Waals surface area contributed by atoms with Crippen molar-refractivity contribution in [3.05, 3.63) is 29.8 Å². The minimum atomic E-state index is 0.589. The first-order chi connectivity index (χ1) is 8.82. The van der Waals surface area contributed by atoms with Gasteiger partial charge in [-0.05, 0) is 55.4 Å². The van der Waals surface area contributed by atoms with Gasteiger partial charge in [0.1, 0.15) is 0 Å². The van der Waals surface area contributed by atoms with Crippen LogP contribution in [0.25, 0.3) is 0 Å². The SMILES string of the molecule is N#Cc1ccc(NC2CCC23CCCCC3)cc1. The van der Waals surface area contributed by atoms with Gasteiger partial charge >= 0.3 is 0 Å². The van der Waals surface area contributed by atoms with Crippen molar-refractivity contribution in [3.8, 4) is 6.07 Å². The predicted octanol–water partition coefficient (Wildman–Crippen LogP) is 4.08. The van der Waals surface area contributed by atoms with Gasteiger partial charge in [-0.25, -0.2) is 0 Å². The Morgan fingerprint density at radius 3 is 2.33 bits per heavy atom. The van der Waals surface area contributed by atoms with Gasteiger partial charge in [0.15, 0.2) is 0 Å². The van der Waals surface area contributed by atoms with E-state index in [1.807, 2.05) is 24.3 Å². The number of hydrogen-bond donors (Lipinski definition) is 1. The number of benzene rings is 1. The van der Waals surface area contributed by atoms with Gasteiger partial charge in [-0.15, -0.1) is 0 Å². The van der Waals surface area contributed by atoms with Crippen LogP contribution in [-0.2, 0) is 0 Å². The van der Waals surface area contributed by atoms with Gasteiger partial charge in [-0.2, -0.15) is 5.26 Å². The minimum Gasteiger partial charge on any atom is -0.382 e. The summed E-state index contributed by atoms with van der Waals surface area (Å²) in [6.07, 6.45) is 9.76. The normalized spacial score (nSPS) is 25.2. The van der Waals surface area contributed by atoms with Crippen LogP contribution in [-0.4, -0.2) is 6.04 Å². The highest BCUT2D eigenvalue weighted by Crippen LogP contribution is 2.52. The van der Waals surface area contributed by atoms with Crippen LogP contribution in [0.2, 0.25) is 0 Å². The molecular formula is C16H20N2. The van der Waals surface area contributed by atoms with Crippen LogP contribution >= 0.6 is 0 Å². The van der Waals surface area contributed by atoms with E-state index in [1.165, 1.54) is 50.6 Å². The summed E-state index contributed by atoms with van der Waals surface area (Å²) in [6, 6.07) is 10.7. The Bertz CT molecular complexity index is 449. The molecule has 0 saturated heterocycles. The molecule has 2 fully saturated rings. The number of anilines is 1. The van der Waals surface area contributed by atoms with Crippen LogP contribution in [0.4, 0.5) is 5.69 Å². The first-order valence-corrected chi connectivity index (χ1v) is 7.09. The molecule has 1 atom stereocenters. The molecule has 0 radical (unpaired) electrons. The topological polar surface area (TPSA) is 35.8 Å². The first-order valence-electron chi connectivity index (χ1n) is 7.09. The summed E-state index contributed by atoms with van der Waals surface area (Å²) in [5, 5.41) is 12.5. The van der Waals surface area contributed by atoms with Crippen molar-refractivity contribution in [2.24, 2.45) is 5.41 Å². The maximum absolute atomic E-state index is 8.80. The summed E-state index contributed by atoms with van der Waals surface area (Å²) in [7, 11) is 0. The molecule has 1 aromatic rings. The molecule has 1 unspecified atom stereocenters. The number of hydrogen-bond acceptors (Lipinski definition) is 2. The first kappa shape index (κ1) is 11.6. The molecule has 2 heteroatoms. The van der Waals surface area contributed by atoms with E-state index in [0.29, 0.717) is 11.5 Å². The molecule has 1 N–H and O–H groups in total. The van der Waals surface area contributed by atoms with Gasteiger partial charge in [0, 0.05) is 11.7 Å². The molecule has 2 aliphatic rings. The van der Waals surface area contributed by atoms with E-state index in [1.54, 1.807) is 0 Å². The fraction of sp³-hybridized carbons (Fsp3) is 0.562. The quantitative estimate of drug-likeness (QED) is 0.845. The minimum absolute atomic E-state index is 0.589. The van der Waals surface area contributed by atoms with Crippen LogP contribution in [0, 0.1) is 16.7 Å². The zero-order chi connectivity index (χ0) is 12.4. The highest BCUT2D eigenvalue weighted by Gasteiger charge is 2.46. The second-order valence-corrected chi connectivity index (χ2v) is 5.85. The maximum atomic E-state index is 8.80. The van der Waals surface area contributed by atoms with E-state index in [-0.39, 0.29) is 0 Å². The largest absolute Gasteiger partial charge is 0.382 e. The van der Waals surface area contributed by atoms with Gasteiger partial charge in [0.05, 0.1) is 11.6 Å². The molecule has 0 aromatic heterocycles. The maximum Gasteiger partial charge on any atom is 0.0991 e. The lowest BCUT2D eigenvalue weighted by Crippen LogP contribution is -2.50. The summed E-state index contributed by atoms with van der Waals surface area (Å²) < 4.78 is 0. The molecule has 1 spiro atoms. The van der Waals surface area contributed by atoms with Crippen molar-refractivity contribution >= 4 is 5.69 Å². The van der Waals surface area contributed by atoms with Crippen molar-refractivity contribution in [1.82, 2.24) is 0 Å². The number of nitriles is 1. The summed E-state index contributed by atoms with van der Waals surface area (Å²) in [5.41, 5.74) is 2.50. The predicted molar refractivity (Wildman–Crippen MR) is 73.3 cm³/mol. The van der Waals surface area contributed by atoms with Gasteiger partial charge < -0.3 is 5.32 Å². The van der Waals surface area contributed by atoms with Crippen molar-refractivity contribution < 1.29 is 0 Å². The van der Waals surface area contributed by atoms with Gasteiger partial charge in [-0.1, -0.05) is 19.3 Å². The van der Waals surface area contributed by atoms with Crippen LogP contribution in [0.15, 0.2) is 24.3 Å². The Labute approximate surface area is 109 Å². The summed E-state index contributed by atoms with van der Waals surface area (Å²) in [5.74, 6) is 0. The van der Waals surface area contributed by atoms with Gasteiger partial charge in [0.2, 0.25) is 0 Å². The summed E-state index contributed by atoms with van der Waals surface area (Å²) >= 11 is 0. The monoisotopic (exact) mass is 240 g/mol. The number of nitrogens with zero attached hydrogens (tertiary/aromatic N) is 1. The molecule has 2 aliphatic carbocycles. The molecule has 94 valence electrons. The van der Waals surface area contributed by atoms with E-state index in [0.717, 1.165) is 5.56 Å².